The number of anilines is 1. The largest absolute Gasteiger partial charge is 0.352 e. The van der Waals surface area contributed by atoms with E-state index in [9.17, 15) is 18.0 Å². The van der Waals surface area contributed by atoms with Crippen molar-refractivity contribution in [2.45, 2.75) is 50.2 Å². The van der Waals surface area contributed by atoms with Crippen LogP contribution in [-0.2, 0) is 32.6 Å². The number of sulfonamides is 1. The highest BCUT2D eigenvalue weighted by Gasteiger charge is 2.34. The second-order valence-corrected chi connectivity index (χ2v) is 13.1. The van der Waals surface area contributed by atoms with Gasteiger partial charge in [-0.2, -0.15) is 0 Å². The Labute approximate surface area is 262 Å². The quantitative estimate of drug-likeness (QED) is 0.185. The maximum absolute atomic E-state index is 14.4. The number of carbonyl (C=O) groups is 2. The summed E-state index contributed by atoms with van der Waals surface area (Å²) in [4.78, 5) is 29.8. The van der Waals surface area contributed by atoms with Crippen molar-refractivity contribution in [1.29, 1.82) is 0 Å². The molecule has 4 aromatic carbocycles. The first-order valence-electron chi connectivity index (χ1n) is 14.2. The average molecular weight is 663 g/mol. The molecule has 0 saturated heterocycles. The lowest BCUT2D eigenvalue weighted by molar-refractivity contribution is -0.140. The number of nitrogens with one attached hydrogen (secondary N) is 1. The molecule has 7 nitrogen and oxygen atoms in total. The third kappa shape index (κ3) is 8.55. The number of carbonyl (C=O) groups excluding carboxylic acids is 2. The van der Waals surface area contributed by atoms with Gasteiger partial charge >= 0.3 is 0 Å². The summed E-state index contributed by atoms with van der Waals surface area (Å²) in [5.74, 6) is -0.785. The number of hydrogen-bond acceptors (Lipinski definition) is 4. The summed E-state index contributed by atoms with van der Waals surface area (Å²) in [5, 5.41) is 3.05. The molecule has 0 fully saturated rings. The predicted octanol–water partition coefficient (Wildman–Crippen LogP) is 6.20. The van der Waals surface area contributed by atoms with Gasteiger partial charge in [-0.1, -0.05) is 102 Å². The molecule has 2 amide bonds. The van der Waals surface area contributed by atoms with Gasteiger partial charge in [0.25, 0.3) is 10.0 Å². The van der Waals surface area contributed by atoms with Gasteiger partial charge in [0.05, 0.1) is 10.6 Å². The molecule has 0 aromatic heterocycles. The molecule has 9 heteroatoms. The molecule has 224 valence electrons. The van der Waals surface area contributed by atoms with E-state index >= 15 is 0 Å². The predicted molar refractivity (Wildman–Crippen MR) is 174 cm³/mol. The Kier molecular flexibility index (Phi) is 11.1. The van der Waals surface area contributed by atoms with E-state index in [1.165, 1.54) is 17.0 Å². The number of amides is 2. The number of nitrogens with zero attached hydrogens (tertiary/aromatic N) is 2. The lowest BCUT2D eigenvalue weighted by atomic mass is 10.0. The Morgan fingerprint density at radius 2 is 1.35 bits per heavy atom. The highest BCUT2D eigenvalue weighted by Crippen LogP contribution is 2.25. The zero-order chi connectivity index (χ0) is 30.8. The van der Waals surface area contributed by atoms with Crippen LogP contribution < -0.4 is 9.62 Å². The minimum atomic E-state index is -4.11. The zero-order valence-corrected chi connectivity index (χ0v) is 26.7. The zero-order valence-electron chi connectivity index (χ0n) is 24.3. The third-order valence-corrected chi connectivity index (χ3v) is 9.51. The second-order valence-electron chi connectivity index (χ2n) is 10.3. The van der Waals surface area contributed by atoms with E-state index in [1.807, 2.05) is 68.4 Å². The van der Waals surface area contributed by atoms with E-state index in [0.29, 0.717) is 5.69 Å². The van der Waals surface area contributed by atoms with Crippen molar-refractivity contribution in [1.82, 2.24) is 10.2 Å². The van der Waals surface area contributed by atoms with Gasteiger partial charge in [-0.25, -0.2) is 8.42 Å². The SMILES string of the molecule is CC[C@H](C)NC(=O)[C@H](Cc1ccccc1)N(Cc1ccc(Br)cc1)C(=O)CN(c1ccccc1)S(=O)(=O)c1ccccc1. The minimum absolute atomic E-state index is 0.0708. The minimum Gasteiger partial charge on any atom is -0.352 e. The lowest BCUT2D eigenvalue weighted by Gasteiger charge is -2.34. The van der Waals surface area contributed by atoms with Crippen LogP contribution in [-0.4, -0.2) is 43.8 Å². The van der Waals surface area contributed by atoms with E-state index in [2.05, 4.69) is 21.2 Å². The molecule has 0 saturated carbocycles. The summed E-state index contributed by atoms with van der Waals surface area (Å²) in [6.45, 7) is 3.53. The number of benzene rings is 4. The van der Waals surface area contributed by atoms with Crippen molar-refractivity contribution >= 4 is 43.5 Å². The van der Waals surface area contributed by atoms with Crippen LogP contribution in [0.25, 0.3) is 0 Å². The standard InChI is InChI=1S/C34H36BrN3O4S/c1-3-26(2)36-34(40)32(23-27-13-7-4-8-14-27)37(24-28-19-21-29(35)22-20-28)33(39)25-38(30-15-9-5-10-16-30)43(41,42)31-17-11-6-12-18-31/h4-22,26,32H,3,23-25H2,1-2H3,(H,36,40)/t26-,32-/m0/s1. The maximum atomic E-state index is 14.4. The van der Waals surface area contributed by atoms with Crippen LogP contribution >= 0.6 is 15.9 Å². The Hall–Kier alpha value is -3.95. The molecular weight excluding hydrogens is 626 g/mol. The molecule has 2 atom stereocenters. The summed E-state index contributed by atoms with van der Waals surface area (Å²) >= 11 is 3.46. The molecule has 0 spiro atoms. The van der Waals surface area contributed by atoms with Gasteiger partial charge in [-0.05, 0) is 60.9 Å². The third-order valence-electron chi connectivity index (χ3n) is 7.19. The van der Waals surface area contributed by atoms with Crippen LogP contribution in [0.15, 0.2) is 125 Å². The fourth-order valence-corrected chi connectivity index (χ4v) is 6.32. The Balaban J connectivity index is 1.78. The van der Waals surface area contributed by atoms with Gasteiger partial charge in [0.15, 0.2) is 0 Å². The highest BCUT2D eigenvalue weighted by molar-refractivity contribution is 9.10. The second kappa shape index (κ2) is 15.0. The van der Waals surface area contributed by atoms with Gasteiger partial charge in [0, 0.05) is 23.5 Å². The number of para-hydroxylation sites is 1. The Morgan fingerprint density at radius 3 is 1.93 bits per heavy atom. The first-order chi connectivity index (χ1) is 20.7. The molecule has 4 rings (SSSR count). The molecule has 4 aromatic rings. The molecule has 0 heterocycles. The molecule has 0 bridgehead atoms. The van der Waals surface area contributed by atoms with Crippen LogP contribution in [0.5, 0.6) is 0 Å². The first kappa shape index (κ1) is 32.0. The van der Waals surface area contributed by atoms with Gasteiger partial charge in [-0.3, -0.25) is 13.9 Å². The fourth-order valence-electron chi connectivity index (χ4n) is 4.62. The van der Waals surface area contributed by atoms with Crippen molar-refractivity contribution in [2.75, 3.05) is 10.8 Å². The van der Waals surface area contributed by atoms with Crippen molar-refractivity contribution in [3.63, 3.8) is 0 Å². The molecular formula is C34H36BrN3O4S. The molecule has 1 N–H and O–H groups in total. The van der Waals surface area contributed by atoms with Gasteiger partial charge < -0.3 is 10.2 Å². The summed E-state index contributed by atoms with van der Waals surface area (Å²) in [7, 11) is -4.11. The summed E-state index contributed by atoms with van der Waals surface area (Å²) in [6.07, 6.45) is 0.990. The van der Waals surface area contributed by atoms with Crippen LogP contribution in [0.3, 0.4) is 0 Å². The monoisotopic (exact) mass is 661 g/mol. The van der Waals surface area contributed by atoms with E-state index in [-0.39, 0.29) is 29.8 Å². The average Bonchev–Trinajstić information content (AvgIpc) is 3.03. The van der Waals surface area contributed by atoms with Crippen molar-refractivity contribution in [3.05, 3.63) is 131 Å². The fraction of sp³-hybridized carbons (Fsp3) is 0.235. The molecule has 43 heavy (non-hydrogen) atoms. The molecule has 0 aliphatic carbocycles. The van der Waals surface area contributed by atoms with Crippen molar-refractivity contribution < 1.29 is 18.0 Å². The Bertz CT molecular complexity index is 1590. The first-order valence-corrected chi connectivity index (χ1v) is 16.4. The van der Waals surface area contributed by atoms with E-state index in [1.54, 1.807) is 48.5 Å². The van der Waals surface area contributed by atoms with E-state index < -0.39 is 28.5 Å². The Morgan fingerprint density at radius 1 is 0.791 bits per heavy atom. The summed E-state index contributed by atoms with van der Waals surface area (Å²) in [6, 6.07) is 32.6. The molecule has 0 radical (unpaired) electrons. The molecule has 0 aliphatic heterocycles. The lowest BCUT2D eigenvalue weighted by Crippen LogP contribution is -2.54. The normalized spacial score (nSPS) is 12.6. The summed E-state index contributed by atoms with van der Waals surface area (Å²) in [5.41, 5.74) is 2.05. The number of hydrogen-bond donors (Lipinski definition) is 1. The maximum Gasteiger partial charge on any atom is 0.264 e. The van der Waals surface area contributed by atoms with Crippen molar-refractivity contribution in [2.24, 2.45) is 0 Å². The van der Waals surface area contributed by atoms with Crippen LogP contribution in [0, 0.1) is 0 Å². The topological polar surface area (TPSA) is 86.8 Å². The van der Waals surface area contributed by atoms with Crippen LogP contribution in [0.2, 0.25) is 0 Å². The number of rotatable bonds is 13. The molecule has 0 unspecified atom stereocenters. The number of halogens is 1. The van der Waals surface area contributed by atoms with Gasteiger partial charge in [0.1, 0.15) is 12.6 Å². The van der Waals surface area contributed by atoms with Crippen LogP contribution in [0.1, 0.15) is 31.4 Å². The van der Waals surface area contributed by atoms with Crippen LogP contribution in [0.4, 0.5) is 5.69 Å². The van der Waals surface area contributed by atoms with E-state index in [0.717, 1.165) is 26.3 Å². The van der Waals surface area contributed by atoms with E-state index in [4.69, 9.17) is 0 Å². The van der Waals surface area contributed by atoms with Crippen molar-refractivity contribution in [3.8, 4) is 0 Å². The van der Waals surface area contributed by atoms with Gasteiger partial charge in [0.2, 0.25) is 11.8 Å². The summed E-state index contributed by atoms with van der Waals surface area (Å²) < 4.78 is 29.9. The highest BCUT2D eigenvalue weighted by atomic mass is 79.9. The molecule has 0 aliphatic rings. The smallest absolute Gasteiger partial charge is 0.264 e. The van der Waals surface area contributed by atoms with Gasteiger partial charge in [-0.15, -0.1) is 0 Å².